The fourth-order valence-corrected chi connectivity index (χ4v) is 4.31. The Kier molecular flexibility index (Phi) is 8.57. The normalized spacial score (nSPS) is 12.8. The van der Waals surface area contributed by atoms with E-state index in [4.69, 9.17) is 9.84 Å². The topological polar surface area (TPSA) is 110 Å². The molecule has 0 unspecified atom stereocenters. The molecule has 2 N–H and O–H groups in total. The van der Waals surface area contributed by atoms with E-state index in [9.17, 15) is 44.3 Å². The first kappa shape index (κ1) is 29.9. The zero-order valence-corrected chi connectivity index (χ0v) is 20.6. The Morgan fingerprint density at radius 1 is 0.973 bits per heavy atom. The van der Waals surface area contributed by atoms with Gasteiger partial charge in [0, 0.05) is 16.7 Å². The van der Waals surface area contributed by atoms with Crippen LogP contribution in [0.2, 0.25) is 0 Å². The van der Waals surface area contributed by atoms with Gasteiger partial charge < -0.3 is 15.2 Å². The molecule has 0 aliphatic carbocycles. The molecule has 2 aromatic rings. The Morgan fingerprint density at radius 2 is 1.59 bits per heavy atom. The highest BCUT2D eigenvalue weighted by atomic mass is 32.2. The van der Waals surface area contributed by atoms with Gasteiger partial charge in [-0.15, -0.1) is 0 Å². The Hall–Kier alpha value is -3.29. The van der Waals surface area contributed by atoms with Gasteiger partial charge >= 0.3 is 18.3 Å². The minimum absolute atomic E-state index is 0.0140. The molecule has 14 heteroatoms. The molecule has 2 rings (SSSR count). The van der Waals surface area contributed by atoms with Crippen LogP contribution in [0.1, 0.15) is 37.5 Å². The van der Waals surface area contributed by atoms with Gasteiger partial charge in [-0.25, -0.2) is 8.42 Å². The summed E-state index contributed by atoms with van der Waals surface area (Å²) in [6, 6.07) is 5.46. The molecule has 0 heterocycles. The molecule has 0 aliphatic heterocycles. The fraction of sp³-hybridized carbons (Fsp3) is 0.391. The lowest BCUT2D eigenvalue weighted by Crippen LogP contribution is -2.27. The Labute approximate surface area is 208 Å². The van der Waals surface area contributed by atoms with Gasteiger partial charge in [-0.1, -0.05) is 20.8 Å². The summed E-state index contributed by atoms with van der Waals surface area (Å²) >= 11 is 0. The van der Waals surface area contributed by atoms with E-state index >= 15 is 0 Å². The molecule has 0 radical (unpaired) electrons. The van der Waals surface area contributed by atoms with E-state index in [1.54, 1.807) is 20.8 Å². The second kappa shape index (κ2) is 10.6. The molecule has 0 spiro atoms. The number of carbonyl (C=O) groups is 2. The second-order valence-electron chi connectivity index (χ2n) is 9.21. The fourth-order valence-electron chi connectivity index (χ4n) is 3.01. The van der Waals surface area contributed by atoms with Crippen molar-refractivity contribution < 1.29 is 54.2 Å². The monoisotopic (exact) mass is 555 g/mol. The third-order valence-corrected chi connectivity index (χ3v) is 6.15. The molecular formula is C23H23F6NO6S. The number of carboxylic acids is 1. The highest BCUT2D eigenvalue weighted by molar-refractivity contribution is 7.90. The first-order chi connectivity index (χ1) is 16.6. The van der Waals surface area contributed by atoms with Crippen molar-refractivity contribution in [3.63, 3.8) is 0 Å². The number of nitrogens with one attached hydrogen (secondary N) is 1. The maximum Gasteiger partial charge on any atom is 0.416 e. The first-order valence-electron chi connectivity index (χ1n) is 10.5. The molecule has 204 valence electrons. The molecule has 0 fully saturated rings. The summed E-state index contributed by atoms with van der Waals surface area (Å²) < 4.78 is 108. The number of ether oxygens (including phenoxy) is 1. The van der Waals surface area contributed by atoms with Gasteiger partial charge in [0.1, 0.15) is 17.3 Å². The van der Waals surface area contributed by atoms with E-state index in [0.29, 0.717) is 12.1 Å². The first-order valence-corrected chi connectivity index (χ1v) is 12.3. The molecular weight excluding hydrogens is 532 g/mol. The van der Waals surface area contributed by atoms with Gasteiger partial charge in [0.05, 0.1) is 17.7 Å². The molecule has 0 aromatic heterocycles. The summed E-state index contributed by atoms with van der Waals surface area (Å²) in [6.45, 7) is 4.74. The van der Waals surface area contributed by atoms with Crippen LogP contribution in [0.25, 0.3) is 0 Å². The van der Waals surface area contributed by atoms with Gasteiger partial charge in [-0.2, -0.15) is 26.3 Å². The number of benzene rings is 2. The number of carboxylic acid groups (broad SMARTS) is 1. The number of rotatable bonds is 8. The molecule has 1 amide bonds. The minimum Gasteiger partial charge on any atom is -0.481 e. The zero-order valence-electron chi connectivity index (χ0n) is 19.7. The van der Waals surface area contributed by atoms with Crippen molar-refractivity contribution in [1.82, 2.24) is 0 Å². The summed E-state index contributed by atoms with van der Waals surface area (Å²) in [6.07, 6.45) is -10.7. The van der Waals surface area contributed by atoms with E-state index in [1.807, 2.05) is 0 Å². The lowest BCUT2D eigenvalue weighted by Gasteiger charge is -2.19. The van der Waals surface area contributed by atoms with E-state index in [-0.39, 0.29) is 16.8 Å². The Balaban J connectivity index is 2.57. The number of hydrogen-bond donors (Lipinski definition) is 2. The highest BCUT2D eigenvalue weighted by Gasteiger charge is 2.36. The van der Waals surface area contributed by atoms with Crippen LogP contribution in [-0.2, 0) is 37.8 Å². The molecule has 0 saturated heterocycles. The van der Waals surface area contributed by atoms with Gasteiger partial charge in [0.25, 0.3) is 0 Å². The van der Waals surface area contributed by atoms with Crippen LogP contribution in [0.5, 0.6) is 11.5 Å². The molecule has 7 nitrogen and oxygen atoms in total. The smallest absolute Gasteiger partial charge is 0.416 e. The average molecular weight is 555 g/mol. The SMILES string of the molecule is CC(C)(C)C(=O)Nc1ccc(Oc2cc(CC(=O)O)cc(C(F)(F)F)c2)c(CS(=O)(=O)CC(F)(F)F)c1. The van der Waals surface area contributed by atoms with Crippen LogP contribution in [0.3, 0.4) is 0 Å². The lowest BCUT2D eigenvalue weighted by molar-refractivity contribution is -0.138. The van der Waals surface area contributed by atoms with Crippen molar-refractivity contribution in [3.05, 3.63) is 53.1 Å². The van der Waals surface area contributed by atoms with Crippen LogP contribution in [0.4, 0.5) is 32.0 Å². The standard InChI is InChI=1S/C23H23F6NO6S/c1-21(2,3)20(33)30-16-4-5-18(14(9-16)11-37(34,35)12-22(24,25)26)36-17-7-13(8-19(31)32)6-15(10-17)23(27,28)29/h4-7,9-10H,8,11-12H2,1-3H3,(H,30,33)(H,31,32). The number of carbonyl (C=O) groups excluding carboxylic acids is 1. The predicted octanol–water partition coefficient (Wildman–Crippen LogP) is 5.59. The van der Waals surface area contributed by atoms with E-state index < -0.39 is 74.5 Å². The van der Waals surface area contributed by atoms with Crippen molar-refractivity contribution in [2.75, 3.05) is 11.1 Å². The second-order valence-corrected chi connectivity index (χ2v) is 11.3. The van der Waals surface area contributed by atoms with E-state index in [1.165, 1.54) is 6.07 Å². The average Bonchev–Trinajstić information content (AvgIpc) is 2.65. The quantitative estimate of drug-likeness (QED) is 0.411. The van der Waals surface area contributed by atoms with E-state index in [0.717, 1.165) is 18.2 Å². The lowest BCUT2D eigenvalue weighted by atomic mass is 9.95. The number of anilines is 1. The van der Waals surface area contributed by atoms with Crippen LogP contribution < -0.4 is 10.1 Å². The maximum absolute atomic E-state index is 13.3. The van der Waals surface area contributed by atoms with Crippen molar-refractivity contribution in [2.24, 2.45) is 5.41 Å². The zero-order chi connectivity index (χ0) is 28.4. The predicted molar refractivity (Wildman–Crippen MR) is 121 cm³/mol. The van der Waals surface area contributed by atoms with E-state index in [2.05, 4.69) is 5.32 Å². The van der Waals surface area contributed by atoms with Crippen LogP contribution in [0.15, 0.2) is 36.4 Å². The number of sulfone groups is 1. The van der Waals surface area contributed by atoms with Crippen molar-refractivity contribution in [1.29, 1.82) is 0 Å². The summed E-state index contributed by atoms with van der Waals surface area (Å²) in [5.74, 6) is -6.22. The largest absolute Gasteiger partial charge is 0.481 e. The van der Waals surface area contributed by atoms with Gasteiger partial charge in [0.15, 0.2) is 9.84 Å². The van der Waals surface area contributed by atoms with Crippen molar-refractivity contribution in [2.45, 2.75) is 45.3 Å². The number of halogens is 6. The van der Waals surface area contributed by atoms with Crippen LogP contribution in [-0.4, -0.2) is 37.3 Å². The number of aliphatic carboxylic acids is 1. The molecule has 0 atom stereocenters. The maximum atomic E-state index is 13.3. The number of alkyl halides is 6. The van der Waals surface area contributed by atoms with Crippen molar-refractivity contribution >= 4 is 27.4 Å². The summed E-state index contributed by atoms with van der Waals surface area (Å²) in [7, 11) is -4.81. The summed E-state index contributed by atoms with van der Waals surface area (Å²) in [5.41, 5.74) is -2.76. The number of amides is 1. The number of hydrogen-bond acceptors (Lipinski definition) is 5. The van der Waals surface area contributed by atoms with Gasteiger partial charge in [0.2, 0.25) is 5.91 Å². The minimum atomic E-state index is -5.05. The van der Waals surface area contributed by atoms with Crippen LogP contribution in [0, 0.1) is 5.41 Å². The molecule has 37 heavy (non-hydrogen) atoms. The third kappa shape index (κ3) is 9.59. The molecule has 2 aromatic carbocycles. The third-order valence-electron chi connectivity index (χ3n) is 4.64. The highest BCUT2D eigenvalue weighted by Crippen LogP contribution is 2.36. The summed E-state index contributed by atoms with van der Waals surface area (Å²) in [5, 5.41) is 11.4. The summed E-state index contributed by atoms with van der Waals surface area (Å²) in [4.78, 5) is 23.3. The van der Waals surface area contributed by atoms with Gasteiger partial charge in [-0.3, -0.25) is 9.59 Å². The van der Waals surface area contributed by atoms with Crippen molar-refractivity contribution in [3.8, 4) is 11.5 Å². The molecule has 0 aliphatic rings. The molecule has 0 saturated carbocycles. The molecule has 0 bridgehead atoms. The Morgan fingerprint density at radius 3 is 2.11 bits per heavy atom. The van der Waals surface area contributed by atoms with Gasteiger partial charge in [-0.05, 0) is 42.0 Å². The van der Waals surface area contributed by atoms with Crippen LogP contribution >= 0.6 is 0 Å². The Bertz CT molecular complexity index is 1280.